The van der Waals surface area contributed by atoms with Crippen molar-refractivity contribution in [2.24, 2.45) is 11.8 Å². The van der Waals surface area contributed by atoms with Gasteiger partial charge in [0.2, 0.25) is 0 Å². The zero-order valence-electron chi connectivity index (χ0n) is 10.5. The molecule has 3 nitrogen and oxygen atoms in total. The maximum atomic E-state index is 12.7. The van der Waals surface area contributed by atoms with Crippen molar-refractivity contribution in [2.45, 2.75) is 29.9 Å². The average molecular weight is 264 g/mol. The van der Waals surface area contributed by atoms with Crippen molar-refractivity contribution in [1.82, 2.24) is 0 Å². The highest BCUT2D eigenvalue weighted by Crippen LogP contribution is 2.60. The third kappa shape index (κ3) is 1.41. The van der Waals surface area contributed by atoms with Crippen molar-refractivity contribution in [3.8, 4) is 0 Å². The molecule has 2 aliphatic rings. The van der Waals surface area contributed by atoms with Gasteiger partial charge in [-0.15, -0.1) is 0 Å². The Labute approximate surface area is 109 Å². The summed E-state index contributed by atoms with van der Waals surface area (Å²) in [5, 5.41) is 0. The number of cyclic esters (lactones) is 1. The van der Waals surface area contributed by atoms with Crippen LogP contribution in [0.15, 0.2) is 29.2 Å². The summed E-state index contributed by atoms with van der Waals surface area (Å²) in [5.41, 5.74) is 1.12. The lowest BCUT2D eigenvalue weighted by Gasteiger charge is -2.20. The molecule has 1 saturated heterocycles. The molecule has 0 radical (unpaired) electrons. The molecule has 0 N–H and O–H groups in total. The van der Waals surface area contributed by atoms with E-state index in [1.54, 1.807) is 0 Å². The first-order valence-electron chi connectivity index (χ1n) is 6.24. The van der Waals surface area contributed by atoms with E-state index in [-0.39, 0.29) is 17.8 Å². The van der Waals surface area contributed by atoms with E-state index in [0.29, 0.717) is 6.61 Å². The predicted octanol–water partition coefficient (Wildman–Crippen LogP) is 2.05. The number of esters is 1. The SMILES string of the molecule is Cc1ccc([S@](=O)[C@@]23C(=O)OCC[C@@H]2[C@H]3C)cc1. The summed E-state index contributed by atoms with van der Waals surface area (Å²) >= 11 is 0. The van der Waals surface area contributed by atoms with Crippen molar-refractivity contribution in [1.29, 1.82) is 0 Å². The molecule has 0 spiro atoms. The molecule has 1 aliphatic heterocycles. The van der Waals surface area contributed by atoms with Crippen LogP contribution in [0.1, 0.15) is 18.9 Å². The quantitative estimate of drug-likeness (QED) is 0.768. The molecule has 1 aromatic carbocycles. The molecule has 3 rings (SSSR count). The zero-order chi connectivity index (χ0) is 12.9. The lowest BCUT2D eigenvalue weighted by molar-refractivity contribution is -0.146. The van der Waals surface area contributed by atoms with Crippen molar-refractivity contribution in [2.75, 3.05) is 6.61 Å². The molecule has 4 atom stereocenters. The summed E-state index contributed by atoms with van der Waals surface area (Å²) in [6.45, 7) is 4.46. The summed E-state index contributed by atoms with van der Waals surface area (Å²) < 4.78 is 17.1. The largest absolute Gasteiger partial charge is 0.465 e. The van der Waals surface area contributed by atoms with Gasteiger partial charge in [0, 0.05) is 4.90 Å². The van der Waals surface area contributed by atoms with Crippen LogP contribution in [0.25, 0.3) is 0 Å². The van der Waals surface area contributed by atoms with Gasteiger partial charge >= 0.3 is 5.97 Å². The second kappa shape index (κ2) is 3.92. The van der Waals surface area contributed by atoms with Crippen molar-refractivity contribution < 1.29 is 13.7 Å². The van der Waals surface area contributed by atoms with E-state index in [4.69, 9.17) is 4.74 Å². The minimum Gasteiger partial charge on any atom is -0.465 e. The molecule has 1 heterocycles. The van der Waals surface area contributed by atoms with Crippen molar-refractivity contribution in [3.05, 3.63) is 29.8 Å². The van der Waals surface area contributed by atoms with Crippen LogP contribution in [0, 0.1) is 18.8 Å². The second-order valence-corrected chi connectivity index (χ2v) is 6.88. The summed E-state index contributed by atoms with van der Waals surface area (Å²) in [6.07, 6.45) is 0.838. The first-order valence-corrected chi connectivity index (χ1v) is 7.39. The lowest BCUT2D eigenvalue weighted by atomic mass is 10.2. The number of fused-ring (bicyclic) bond motifs is 1. The van der Waals surface area contributed by atoms with Crippen LogP contribution in [0.2, 0.25) is 0 Å². The van der Waals surface area contributed by atoms with Crippen LogP contribution in [0.5, 0.6) is 0 Å². The molecule has 1 aromatic rings. The molecule has 96 valence electrons. The van der Waals surface area contributed by atoms with Gasteiger partial charge in [0.05, 0.1) is 17.4 Å². The van der Waals surface area contributed by atoms with Gasteiger partial charge in [0.1, 0.15) is 0 Å². The molecule has 2 fully saturated rings. The van der Waals surface area contributed by atoms with Gasteiger partial charge in [0.15, 0.2) is 4.75 Å². The first kappa shape index (κ1) is 11.9. The number of carbonyl (C=O) groups excluding carboxylic acids is 1. The van der Waals surface area contributed by atoms with E-state index >= 15 is 0 Å². The van der Waals surface area contributed by atoms with Gasteiger partial charge in [-0.2, -0.15) is 0 Å². The molecule has 4 heteroatoms. The highest BCUT2D eigenvalue weighted by Gasteiger charge is 2.73. The number of ether oxygens (including phenoxy) is 1. The summed E-state index contributed by atoms with van der Waals surface area (Å²) in [7, 11) is -1.30. The van der Waals surface area contributed by atoms with Crippen LogP contribution in [-0.4, -0.2) is 21.5 Å². The summed E-state index contributed by atoms with van der Waals surface area (Å²) in [4.78, 5) is 12.8. The Kier molecular flexibility index (Phi) is 2.59. The highest BCUT2D eigenvalue weighted by molar-refractivity contribution is 7.87. The van der Waals surface area contributed by atoms with E-state index in [0.717, 1.165) is 16.9 Å². The van der Waals surface area contributed by atoms with Crippen LogP contribution in [-0.2, 0) is 20.3 Å². The minimum absolute atomic E-state index is 0.162. The number of benzene rings is 1. The second-order valence-electron chi connectivity index (χ2n) is 5.19. The molecule has 1 aliphatic carbocycles. The van der Waals surface area contributed by atoms with Gasteiger partial charge in [-0.25, -0.2) is 0 Å². The van der Waals surface area contributed by atoms with E-state index in [9.17, 15) is 9.00 Å². The molecule has 0 unspecified atom stereocenters. The van der Waals surface area contributed by atoms with E-state index in [2.05, 4.69) is 0 Å². The Morgan fingerprint density at radius 3 is 2.61 bits per heavy atom. The maximum absolute atomic E-state index is 12.7. The average Bonchev–Trinajstić information content (AvgIpc) is 2.98. The van der Waals surface area contributed by atoms with Crippen LogP contribution in [0.4, 0.5) is 0 Å². The fourth-order valence-corrected chi connectivity index (χ4v) is 5.06. The third-order valence-electron chi connectivity index (χ3n) is 4.24. The topological polar surface area (TPSA) is 43.4 Å². The summed E-state index contributed by atoms with van der Waals surface area (Å²) in [5.74, 6) is 0.112. The van der Waals surface area contributed by atoms with Gasteiger partial charge in [-0.3, -0.25) is 9.00 Å². The zero-order valence-corrected chi connectivity index (χ0v) is 11.3. The Morgan fingerprint density at radius 1 is 1.33 bits per heavy atom. The lowest BCUT2D eigenvalue weighted by Crippen LogP contribution is -2.37. The van der Waals surface area contributed by atoms with Crippen LogP contribution >= 0.6 is 0 Å². The molecular formula is C14H16O3S. The Morgan fingerprint density at radius 2 is 2.00 bits per heavy atom. The van der Waals surface area contributed by atoms with Crippen LogP contribution in [0.3, 0.4) is 0 Å². The minimum atomic E-state index is -1.30. The normalized spacial score (nSPS) is 35.6. The Bertz CT molecular complexity index is 522. The van der Waals surface area contributed by atoms with E-state index in [1.807, 2.05) is 38.1 Å². The van der Waals surface area contributed by atoms with Crippen molar-refractivity contribution in [3.63, 3.8) is 0 Å². The van der Waals surface area contributed by atoms with Crippen molar-refractivity contribution >= 4 is 16.8 Å². The van der Waals surface area contributed by atoms with Gasteiger partial charge in [0.25, 0.3) is 0 Å². The van der Waals surface area contributed by atoms with E-state index < -0.39 is 15.5 Å². The molecule has 0 amide bonds. The number of rotatable bonds is 2. The highest BCUT2D eigenvalue weighted by atomic mass is 32.2. The Hall–Kier alpha value is -1.16. The number of hydrogen-bond donors (Lipinski definition) is 0. The monoisotopic (exact) mass is 264 g/mol. The van der Waals surface area contributed by atoms with Gasteiger partial charge in [-0.05, 0) is 37.3 Å². The number of hydrogen-bond acceptors (Lipinski definition) is 3. The fraction of sp³-hybridized carbons (Fsp3) is 0.500. The third-order valence-corrected chi connectivity index (χ3v) is 6.40. The first-order chi connectivity index (χ1) is 8.58. The van der Waals surface area contributed by atoms with Gasteiger partial charge < -0.3 is 4.74 Å². The molecular weight excluding hydrogens is 248 g/mol. The fourth-order valence-electron chi connectivity index (χ4n) is 3.05. The predicted molar refractivity (Wildman–Crippen MR) is 68.5 cm³/mol. The van der Waals surface area contributed by atoms with Crippen LogP contribution < -0.4 is 0 Å². The molecule has 0 aromatic heterocycles. The molecule has 18 heavy (non-hydrogen) atoms. The number of carbonyl (C=O) groups is 1. The standard InChI is InChI=1S/C14H16O3S/c1-9-3-5-11(6-4-9)18(16)14-10(2)12(14)7-8-17-13(14)15/h3-6,10,12H,7-8H2,1-2H3/t10-,12-,14-,18+/m1/s1. The maximum Gasteiger partial charge on any atom is 0.325 e. The Balaban J connectivity index is 1.97. The van der Waals surface area contributed by atoms with Gasteiger partial charge in [-0.1, -0.05) is 24.6 Å². The molecule has 1 saturated carbocycles. The molecule has 0 bridgehead atoms. The summed E-state index contributed by atoms with van der Waals surface area (Å²) in [6, 6.07) is 7.56. The number of aryl methyl sites for hydroxylation is 1. The smallest absolute Gasteiger partial charge is 0.325 e. The van der Waals surface area contributed by atoms with E-state index in [1.165, 1.54) is 0 Å².